The summed E-state index contributed by atoms with van der Waals surface area (Å²) in [6, 6.07) is 0. The molecule has 0 spiro atoms. The second kappa shape index (κ2) is 5.49. The van der Waals surface area contributed by atoms with Crippen molar-refractivity contribution in [1.29, 1.82) is 0 Å². The maximum atomic E-state index is 5.43. The number of halogens is 1. The van der Waals surface area contributed by atoms with Gasteiger partial charge in [-0.1, -0.05) is 6.92 Å². The van der Waals surface area contributed by atoms with E-state index in [-0.39, 0.29) is 0 Å². The molecule has 0 aromatic carbocycles. The first kappa shape index (κ1) is 10.8. The Bertz CT molecular complexity index is 263. The molecule has 1 aromatic heterocycles. The number of nitrogens with two attached hydrogens (primary N) is 1. The summed E-state index contributed by atoms with van der Waals surface area (Å²) in [5.41, 5.74) is 5.43. The molecule has 0 radical (unpaired) electrons. The molecule has 4 nitrogen and oxygen atoms in total. The predicted molar refractivity (Wildman–Crippen MR) is 59.8 cm³/mol. The molecule has 0 unspecified atom stereocenters. The topological polar surface area (TPSA) is 56.7 Å². The van der Waals surface area contributed by atoms with Gasteiger partial charge in [-0.3, -0.25) is 0 Å². The Hall–Kier alpha value is -0.230. The highest BCUT2D eigenvalue weighted by atomic mass is 79.9. The summed E-state index contributed by atoms with van der Waals surface area (Å²) in [7, 11) is 0. The number of anilines is 1. The summed E-state index contributed by atoms with van der Waals surface area (Å²) >= 11 is 5.22. The van der Waals surface area contributed by atoms with Crippen molar-refractivity contribution in [2.75, 3.05) is 17.2 Å². The van der Waals surface area contributed by atoms with Crippen molar-refractivity contribution in [3.05, 3.63) is 4.73 Å². The SMILES string of the molecule is CCSCCCn1nc(N)nc1Br. The van der Waals surface area contributed by atoms with Crippen LogP contribution in [0.5, 0.6) is 0 Å². The van der Waals surface area contributed by atoms with Crippen LogP contribution in [0.4, 0.5) is 5.95 Å². The number of hydrogen-bond acceptors (Lipinski definition) is 4. The lowest BCUT2D eigenvalue weighted by molar-refractivity contribution is 0.593. The van der Waals surface area contributed by atoms with E-state index < -0.39 is 0 Å². The molecule has 0 amide bonds. The van der Waals surface area contributed by atoms with E-state index in [1.54, 1.807) is 4.68 Å². The van der Waals surface area contributed by atoms with Gasteiger partial charge in [0.15, 0.2) is 4.73 Å². The van der Waals surface area contributed by atoms with Crippen molar-refractivity contribution < 1.29 is 0 Å². The number of nitrogen functional groups attached to an aromatic ring is 1. The highest BCUT2D eigenvalue weighted by Crippen LogP contribution is 2.09. The fraction of sp³-hybridized carbons (Fsp3) is 0.714. The fourth-order valence-electron chi connectivity index (χ4n) is 0.943. The second-order valence-corrected chi connectivity index (χ2v) is 4.62. The van der Waals surface area contributed by atoms with Crippen molar-refractivity contribution in [3.63, 3.8) is 0 Å². The van der Waals surface area contributed by atoms with Crippen molar-refractivity contribution >= 4 is 33.6 Å². The Labute approximate surface area is 90.4 Å². The zero-order valence-electron chi connectivity index (χ0n) is 7.53. The van der Waals surface area contributed by atoms with Crippen LogP contribution >= 0.6 is 27.7 Å². The van der Waals surface area contributed by atoms with E-state index in [1.165, 1.54) is 5.75 Å². The van der Waals surface area contributed by atoms with Crippen LogP contribution in [-0.2, 0) is 6.54 Å². The number of nitrogens with zero attached hydrogens (tertiary/aromatic N) is 3. The number of aryl methyl sites for hydroxylation is 1. The Morgan fingerprint density at radius 3 is 2.92 bits per heavy atom. The summed E-state index contributed by atoms with van der Waals surface area (Å²) in [6.07, 6.45) is 1.10. The largest absolute Gasteiger partial charge is 0.366 e. The number of aromatic nitrogens is 3. The monoisotopic (exact) mass is 264 g/mol. The second-order valence-electron chi connectivity index (χ2n) is 2.51. The van der Waals surface area contributed by atoms with Gasteiger partial charge in [-0.2, -0.15) is 16.7 Å². The Morgan fingerprint density at radius 2 is 2.38 bits per heavy atom. The number of thioether (sulfide) groups is 1. The maximum Gasteiger partial charge on any atom is 0.240 e. The minimum atomic E-state index is 0.329. The third-order valence-corrected chi connectivity index (χ3v) is 3.08. The quantitative estimate of drug-likeness (QED) is 0.824. The van der Waals surface area contributed by atoms with Crippen LogP contribution in [0.2, 0.25) is 0 Å². The summed E-state index contributed by atoms with van der Waals surface area (Å²) < 4.78 is 2.50. The minimum absolute atomic E-state index is 0.329. The van der Waals surface area contributed by atoms with Gasteiger partial charge in [0, 0.05) is 6.54 Å². The molecule has 0 aliphatic heterocycles. The first-order chi connectivity index (χ1) is 6.24. The van der Waals surface area contributed by atoms with Crippen LogP contribution < -0.4 is 5.73 Å². The third kappa shape index (κ3) is 3.56. The average molecular weight is 265 g/mol. The van der Waals surface area contributed by atoms with Crippen molar-refractivity contribution in [3.8, 4) is 0 Å². The lowest BCUT2D eigenvalue weighted by atomic mass is 10.5. The molecule has 0 fully saturated rings. The summed E-state index contributed by atoms with van der Waals surface area (Å²) in [6.45, 7) is 3.03. The molecule has 0 saturated heterocycles. The molecular formula is C7H13BrN4S. The molecule has 1 rings (SSSR count). The zero-order valence-corrected chi connectivity index (χ0v) is 9.94. The molecule has 0 aliphatic carbocycles. The van der Waals surface area contributed by atoms with E-state index in [4.69, 9.17) is 5.73 Å². The van der Waals surface area contributed by atoms with E-state index in [1.807, 2.05) is 11.8 Å². The average Bonchev–Trinajstić information content (AvgIpc) is 2.39. The molecule has 1 aromatic rings. The minimum Gasteiger partial charge on any atom is -0.366 e. The normalized spacial score (nSPS) is 10.6. The summed E-state index contributed by atoms with van der Waals surface area (Å²) in [5, 5.41) is 4.04. The first-order valence-electron chi connectivity index (χ1n) is 4.17. The Morgan fingerprint density at radius 1 is 1.62 bits per heavy atom. The van der Waals surface area contributed by atoms with E-state index in [0.717, 1.165) is 18.7 Å². The van der Waals surface area contributed by atoms with E-state index in [9.17, 15) is 0 Å². The van der Waals surface area contributed by atoms with Gasteiger partial charge in [-0.25, -0.2) is 4.68 Å². The standard InChI is InChI=1S/C7H13BrN4S/c1-2-13-5-3-4-12-6(8)10-7(9)11-12/h2-5H2,1H3,(H2,9,11). The Balaban J connectivity index is 2.32. The molecule has 0 bridgehead atoms. The van der Waals surface area contributed by atoms with Crippen LogP contribution in [0, 0.1) is 0 Å². The summed E-state index contributed by atoms with van der Waals surface area (Å²) in [5.74, 6) is 2.65. The molecule has 0 saturated carbocycles. The highest BCUT2D eigenvalue weighted by Gasteiger charge is 2.02. The van der Waals surface area contributed by atoms with Gasteiger partial charge in [-0.15, -0.1) is 5.10 Å². The van der Waals surface area contributed by atoms with Gasteiger partial charge < -0.3 is 5.73 Å². The van der Waals surface area contributed by atoms with E-state index in [2.05, 4.69) is 32.9 Å². The molecule has 1 heterocycles. The maximum absolute atomic E-state index is 5.43. The van der Waals surface area contributed by atoms with Gasteiger partial charge >= 0.3 is 0 Å². The van der Waals surface area contributed by atoms with E-state index >= 15 is 0 Å². The third-order valence-electron chi connectivity index (χ3n) is 1.51. The summed E-state index contributed by atoms with van der Waals surface area (Å²) in [4.78, 5) is 3.95. The van der Waals surface area contributed by atoms with Crippen molar-refractivity contribution in [2.45, 2.75) is 19.9 Å². The molecule has 6 heteroatoms. The lowest BCUT2D eigenvalue weighted by Gasteiger charge is -2.00. The van der Waals surface area contributed by atoms with Crippen LogP contribution in [0.15, 0.2) is 4.73 Å². The molecular weight excluding hydrogens is 252 g/mol. The molecule has 74 valence electrons. The molecule has 0 atom stereocenters. The van der Waals surface area contributed by atoms with Gasteiger partial charge in [0.2, 0.25) is 5.95 Å². The highest BCUT2D eigenvalue weighted by molar-refractivity contribution is 9.10. The van der Waals surface area contributed by atoms with Gasteiger partial charge in [0.1, 0.15) is 0 Å². The predicted octanol–water partition coefficient (Wildman–Crippen LogP) is 1.77. The molecule has 13 heavy (non-hydrogen) atoms. The number of rotatable bonds is 5. The van der Waals surface area contributed by atoms with Crippen LogP contribution in [0.25, 0.3) is 0 Å². The van der Waals surface area contributed by atoms with E-state index in [0.29, 0.717) is 10.7 Å². The number of hydrogen-bond donors (Lipinski definition) is 1. The first-order valence-corrected chi connectivity index (χ1v) is 6.12. The van der Waals surface area contributed by atoms with Gasteiger partial charge in [0.25, 0.3) is 0 Å². The van der Waals surface area contributed by atoms with Crippen LogP contribution in [-0.4, -0.2) is 26.3 Å². The van der Waals surface area contributed by atoms with Crippen LogP contribution in [0.1, 0.15) is 13.3 Å². The van der Waals surface area contributed by atoms with Crippen molar-refractivity contribution in [1.82, 2.24) is 14.8 Å². The fourth-order valence-corrected chi connectivity index (χ4v) is 2.00. The van der Waals surface area contributed by atoms with Crippen molar-refractivity contribution in [2.24, 2.45) is 0 Å². The zero-order chi connectivity index (χ0) is 9.68. The van der Waals surface area contributed by atoms with Gasteiger partial charge in [0.05, 0.1) is 0 Å². The molecule has 0 aliphatic rings. The van der Waals surface area contributed by atoms with Crippen LogP contribution in [0.3, 0.4) is 0 Å². The van der Waals surface area contributed by atoms with Gasteiger partial charge in [-0.05, 0) is 33.9 Å². The lowest BCUT2D eigenvalue weighted by Crippen LogP contribution is -2.02. The smallest absolute Gasteiger partial charge is 0.240 e. The molecule has 2 N–H and O–H groups in total. The Kier molecular flexibility index (Phi) is 4.58.